The van der Waals surface area contributed by atoms with Gasteiger partial charge in [0.1, 0.15) is 106 Å². The maximum Gasteiger partial charge on any atom is 0.339 e. The van der Waals surface area contributed by atoms with Gasteiger partial charge in [-0.25, -0.2) is 66.8 Å². The van der Waals surface area contributed by atoms with E-state index in [0.717, 1.165) is 55.4 Å². The molecule has 3 fully saturated rings. The van der Waals surface area contributed by atoms with Crippen LogP contribution in [-0.2, 0) is 19.1 Å². The number of nitrogens with two attached hydrogens (primary N) is 3. The largest absolute Gasteiger partial charge is 0.633 e. The second-order valence-electron chi connectivity index (χ2n) is 34.3. The monoisotopic (exact) mass is 1850 g/mol. The number of hydrogen-bond donors (Lipinski definition) is 4. The zero-order chi connectivity index (χ0) is 96.1. The van der Waals surface area contributed by atoms with Gasteiger partial charge in [0.05, 0.1) is 127 Å². The summed E-state index contributed by atoms with van der Waals surface area (Å²) in [6.07, 6.45) is 18.0. The Labute approximate surface area is 783 Å². The molecule has 4 aliphatic rings. The fourth-order valence-corrected chi connectivity index (χ4v) is 16.5. The van der Waals surface area contributed by atoms with Gasteiger partial charge in [-0.15, -0.1) is 0 Å². The summed E-state index contributed by atoms with van der Waals surface area (Å²) in [4.78, 5) is 110. The van der Waals surface area contributed by atoms with Crippen LogP contribution in [0.25, 0.3) is 67.6 Å². The molecule has 6 aromatic heterocycles. The Kier molecular flexibility index (Phi) is 26.4. The van der Waals surface area contributed by atoms with E-state index in [1.54, 1.807) is 190 Å². The normalized spacial score (nSPS) is 15.1. The standard InChI is InChI=1S/C34H35FN7O4.C33H30FN7O5.C33H33N7O5/c1-39(30(43)11-6-17-42(2,3)27-16-18-45-21-27)25-8-5-9-26(20-25)41-33-31(32(36)37-22-38-33)40(34(41)44)24-12-14-28(15-13-24)46-29-10-4-7-23(35)19-29;1-41(44,24-10-11-24)16-3-6-29(42)38-15-17-45-28-14-9-23(19-27(28)38)40-32-30(31(35)36-20-37-32)39(33(40)43)22-7-12-25(13-8-22)46-26-5-2-4-21(34)18-26;1-21-16-26(45-25-8-5-4-6-9-25)13-14-28(21)39-30-31(34)35-20-36-32(30)38(33(39)42)23-17-22(18-27(19-23)44-3)37-29(41)10-7-15-40(2,43)24-11-12-24/h4-15,19-20,22,27H,16-18,21H2,1-3H3,(H2,36,37,38);2-9,12-14,18-20,24H,10-11,15-17H2,1H3,(H2,35,36,37);4-10,13-14,16-20,24H,11-12,15H2,1-3H3,(H,37,41)(H2,34,35,36)/q+1;;/b11-6+;6-3+;10-7+. The number of aryl methyl sites for hydroxylation is 1. The van der Waals surface area contributed by atoms with Crippen LogP contribution >= 0.6 is 0 Å². The number of halogens is 2. The van der Waals surface area contributed by atoms with Gasteiger partial charge in [0.2, 0.25) is 5.91 Å². The first-order valence-electron chi connectivity index (χ1n) is 44.1. The number of amides is 3. The van der Waals surface area contributed by atoms with Crippen LogP contribution in [0.3, 0.4) is 0 Å². The third-order valence-electron chi connectivity index (χ3n) is 24.2. The highest BCUT2D eigenvalue weighted by molar-refractivity contribution is 6.04. The van der Waals surface area contributed by atoms with Crippen molar-refractivity contribution in [3.8, 4) is 80.1 Å². The predicted molar refractivity (Wildman–Crippen MR) is 516 cm³/mol. The fourth-order valence-electron chi connectivity index (χ4n) is 16.5. The van der Waals surface area contributed by atoms with Crippen molar-refractivity contribution < 1.29 is 65.4 Å². The zero-order valence-corrected chi connectivity index (χ0v) is 75.8. The molecule has 15 aromatic rings. The third-order valence-corrected chi connectivity index (χ3v) is 24.2. The van der Waals surface area contributed by atoms with E-state index in [0.29, 0.717) is 145 Å². The van der Waals surface area contributed by atoms with E-state index < -0.39 is 43.9 Å². The summed E-state index contributed by atoms with van der Waals surface area (Å²) in [5, 5.41) is 28.0. The lowest BCUT2D eigenvalue weighted by Crippen LogP contribution is -2.49. The second-order valence-corrected chi connectivity index (χ2v) is 34.3. The number of carbonyl (C=O) groups excluding carboxylic acids is 3. The van der Waals surface area contributed by atoms with Crippen LogP contribution in [0.1, 0.15) is 37.7 Å². The molecule has 2 aliphatic carbocycles. The number of nitrogen functional groups attached to an aromatic ring is 3. The van der Waals surface area contributed by atoms with Crippen molar-refractivity contribution in [3.63, 3.8) is 0 Å². The molecule has 9 aromatic carbocycles. The van der Waals surface area contributed by atoms with Crippen LogP contribution in [0.2, 0.25) is 0 Å². The molecule has 7 N–H and O–H groups in total. The summed E-state index contributed by atoms with van der Waals surface area (Å²) in [5.41, 5.74) is 24.4. The van der Waals surface area contributed by atoms with E-state index in [-0.39, 0.29) is 65.7 Å². The molecule has 37 heteroatoms. The molecule has 1 saturated heterocycles. The molecule has 3 amide bonds. The number of hydroxylamine groups is 6. The minimum absolute atomic E-state index is 0.0937. The number of hydrogen-bond acceptors (Lipinski definition) is 23. The summed E-state index contributed by atoms with van der Waals surface area (Å²) < 4.78 is 70.0. The third kappa shape index (κ3) is 20.3. The highest BCUT2D eigenvalue weighted by atomic mass is 19.1. The minimum Gasteiger partial charge on any atom is -0.633 e. The molecule has 137 heavy (non-hydrogen) atoms. The van der Waals surface area contributed by atoms with Crippen LogP contribution in [-0.4, -0.2) is 195 Å². The van der Waals surface area contributed by atoms with E-state index in [9.17, 15) is 48.0 Å². The smallest absolute Gasteiger partial charge is 0.339 e. The lowest BCUT2D eigenvalue weighted by molar-refractivity contribution is -0.907. The van der Waals surface area contributed by atoms with E-state index in [1.807, 2.05) is 49.4 Å². The number of methoxy groups -OCH3 is 1. The van der Waals surface area contributed by atoms with E-state index in [4.69, 9.17) is 45.6 Å². The topological polar surface area (TPSA) is 407 Å². The van der Waals surface area contributed by atoms with E-state index in [1.165, 1.54) is 94.8 Å². The molecule has 3 unspecified atom stereocenters. The van der Waals surface area contributed by atoms with Crippen molar-refractivity contribution in [3.05, 3.63) is 321 Å². The zero-order valence-electron chi connectivity index (χ0n) is 75.8. The first kappa shape index (κ1) is 92.5. The second kappa shape index (κ2) is 39.1. The minimum atomic E-state index is -0.469. The van der Waals surface area contributed by atoms with Gasteiger partial charge in [-0.2, -0.15) is 0 Å². The maximum atomic E-state index is 14.2. The van der Waals surface area contributed by atoms with Crippen LogP contribution in [0.4, 0.5) is 43.3 Å². The van der Waals surface area contributed by atoms with Crippen molar-refractivity contribution in [2.45, 2.75) is 57.2 Å². The first-order valence-corrected chi connectivity index (χ1v) is 44.1. The molecule has 0 spiro atoms. The van der Waals surface area contributed by atoms with Gasteiger partial charge in [-0.3, -0.25) is 28.1 Å². The number of imidazole rings is 3. The number of likely N-dealkylation sites (N-methyl/N-ethyl adjacent to an activating group) is 4. The molecule has 700 valence electrons. The number of fused-ring (bicyclic) bond motifs is 4. The van der Waals surface area contributed by atoms with Crippen LogP contribution in [0, 0.1) is 29.0 Å². The van der Waals surface area contributed by atoms with Gasteiger partial charge >= 0.3 is 17.1 Å². The van der Waals surface area contributed by atoms with Gasteiger partial charge in [0.15, 0.2) is 34.4 Å². The Morgan fingerprint density at radius 2 is 0.971 bits per heavy atom. The summed E-state index contributed by atoms with van der Waals surface area (Å²) in [6, 6.07) is 57.5. The highest BCUT2D eigenvalue weighted by Crippen LogP contribution is 2.39. The maximum absolute atomic E-state index is 14.2. The molecule has 0 radical (unpaired) electrons. The number of benzene rings is 9. The van der Waals surface area contributed by atoms with Crippen LogP contribution in [0.15, 0.2) is 276 Å². The molecule has 2 saturated carbocycles. The van der Waals surface area contributed by atoms with Gasteiger partial charge < -0.3 is 84.9 Å². The lowest BCUT2D eigenvalue weighted by Gasteiger charge is -2.38. The molecular formula is C100H98F2N21O14+. The number of carbonyl (C=O) groups is 3. The Balaban J connectivity index is 0.000000142. The average Bonchev–Trinajstić information content (AvgIpc) is 1.59. The van der Waals surface area contributed by atoms with Crippen molar-refractivity contribution in [1.29, 1.82) is 0 Å². The van der Waals surface area contributed by atoms with Crippen molar-refractivity contribution >= 4 is 85.7 Å². The van der Waals surface area contributed by atoms with Crippen molar-refractivity contribution in [2.24, 2.45) is 0 Å². The number of nitrogens with zero attached hydrogens (tertiary/aromatic N) is 17. The van der Waals surface area contributed by atoms with E-state index in [2.05, 4.69) is 49.3 Å². The quantitative estimate of drug-likeness (QED) is 0.0211. The summed E-state index contributed by atoms with van der Waals surface area (Å²) in [7, 11) is 10.7. The Bertz CT molecular complexity index is 7380. The summed E-state index contributed by atoms with van der Waals surface area (Å²) >= 11 is 0. The Hall–Kier alpha value is -16.3. The predicted octanol–water partition coefficient (Wildman–Crippen LogP) is 13.8. The lowest BCUT2D eigenvalue weighted by atomic mass is 10.2. The number of nitrogens with one attached hydrogen (secondary N) is 1. The Morgan fingerprint density at radius 1 is 0.482 bits per heavy atom. The highest BCUT2D eigenvalue weighted by Gasteiger charge is 2.37. The molecule has 19 rings (SSSR count). The van der Waals surface area contributed by atoms with Gasteiger partial charge in [-0.05, 0) is 176 Å². The molecule has 0 bridgehead atoms. The first-order chi connectivity index (χ1) is 66.0. The molecular weight excluding hydrogens is 1760 g/mol. The van der Waals surface area contributed by atoms with Crippen LogP contribution in [0.5, 0.6) is 46.0 Å². The number of anilines is 6. The number of rotatable bonds is 27. The molecule has 8 heterocycles. The fraction of sp³-hybridized carbons (Fsp3) is 0.220. The number of para-hydroxylation sites is 1. The number of aromatic nitrogens is 12. The van der Waals surface area contributed by atoms with E-state index >= 15 is 0 Å². The van der Waals surface area contributed by atoms with Crippen molar-refractivity contribution in [2.75, 3.05) is 121 Å². The molecule has 35 nitrogen and oxygen atoms in total. The summed E-state index contributed by atoms with van der Waals surface area (Å²) in [6.45, 7) is 5.07. The van der Waals surface area contributed by atoms with Crippen molar-refractivity contribution in [1.82, 2.24) is 57.3 Å². The van der Waals surface area contributed by atoms with Gasteiger partial charge in [0.25, 0.3) is 11.8 Å². The summed E-state index contributed by atoms with van der Waals surface area (Å²) in [5.74, 6) is 2.37. The SMILES string of the molecule is CN(C(=O)/C=C/C[N+](C)(C)C1CCOC1)c1cccc(-n2c(=O)n(-c3ccc(Oc4cccc(F)c4)cc3)c3c(N)ncnc32)c1.COc1cc(NC(=O)/C=C/C[N+](C)([O-])C2CC2)cc(-n2c(=O)n(-c3ccc(Oc4ccccc4)cc3C)c3c(N)ncnc32)c1.C[N+]([O-])(C/C=C/C(=O)N1CCOc2ccc(-n3c(=O)n(-c4ccc(Oc5cccc(F)c5)cc4)c4c(N)ncnc43)cc21)C1CC1. The van der Waals surface area contributed by atoms with Crippen LogP contribution < -0.4 is 73.1 Å². The number of quaternary nitrogens is 3. The van der Waals surface area contributed by atoms with Gasteiger partial charge in [0, 0.05) is 93.0 Å². The number of ether oxygens (including phenoxy) is 6. The Morgan fingerprint density at radius 3 is 1.50 bits per heavy atom. The molecule has 2 aliphatic heterocycles. The van der Waals surface area contributed by atoms with Gasteiger partial charge in [-0.1, -0.05) is 36.4 Å². The molecule has 3 atom stereocenters. The average molecular weight is 1860 g/mol.